The van der Waals surface area contributed by atoms with E-state index in [2.05, 4.69) is 29.1 Å². The Morgan fingerprint density at radius 2 is 1.81 bits per heavy atom. The van der Waals surface area contributed by atoms with Crippen LogP contribution in [0, 0.1) is 13.8 Å². The summed E-state index contributed by atoms with van der Waals surface area (Å²) < 4.78 is 0. The molecule has 1 aromatic heterocycles. The number of amides is 1. The Labute approximate surface area is 160 Å². The Balaban J connectivity index is 1.76. The van der Waals surface area contributed by atoms with Crippen molar-refractivity contribution in [1.82, 2.24) is 14.9 Å². The molecule has 0 aliphatic carbocycles. The highest BCUT2D eigenvalue weighted by Gasteiger charge is 2.16. The van der Waals surface area contributed by atoms with Crippen LogP contribution in [0.25, 0.3) is 0 Å². The molecule has 0 aliphatic rings. The van der Waals surface area contributed by atoms with Crippen molar-refractivity contribution in [3.63, 3.8) is 0 Å². The van der Waals surface area contributed by atoms with E-state index >= 15 is 0 Å². The van der Waals surface area contributed by atoms with Crippen LogP contribution in [-0.2, 0) is 6.54 Å². The van der Waals surface area contributed by atoms with E-state index in [0.717, 1.165) is 11.3 Å². The molecule has 1 heterocycles. The van der Waals surface area contributed by atoms with Crippen molar-refractivity contribution < 1.29 is 4.79 Å². The van der Waals surface area contributed by atoms with Gasteiger partial charge in [0, 0.05) is 25.0 Å². The van der Waals surface area contributed by atoms with E-state index in [4.69, 9.17) is 0 Å². The lowest BCUT2D eigenvalue weighted by molar-refractivity contribution is 0.0746. The number of anilines is 2. The number of hydrogen-bond acceptors (Lipinski definition) is 4. The average molecular weight is 360 g/mol. The first kappa shape index (κ1) is 18.6. The van der Waals surface area contributed by atoms with Crippen molar-refractivity contribution in [3.05, 3.63) is 83.2 Å². The largest absolute Gasteiger partial charge is 0.333 e. The molecule has 0 aliphatic heterocycles. The molecule has 3 rings (SSSR count). The van der Waals surface area contributed by atoms with Crippen molar-refractivity contribution in [1.29, 1.82) is 0 Å². The number of carbonyl (C=O) groups excluding carboxylic acids is 1. The quantitative estimate of drug-likeness (QED) is 0.703. The highest BCUT2D eigenvalue weighted by atomic mass is 16.2. The summed E-state index contributed by atoms with van der Waals surface area (Å²) in [6.07, 6.45) is 1.61. The highest BCUT2D eigenvalue weighted by Crippen LogP contribution is 2.18. The van der Waals surface area contributed by atoms with Crippen LogP contribution in [-0.4, -0.2) is 27.3 Å². The van der Waals surface area contributed by atoms with Crippen molar-refractivity contribution in [2.24, 2.45) is 0 Å². The van der Waals surface area contributed by atoms with Crippen molar-refractivity contribution in [2.45, 2.75) is 27.3 Å². The average Bonchev–Trinajstić information content (AvgIpc) is 2.69. The normalized spacial score (nSPS) is 10.5. The number of benzene rings is 2. The van der Waals surface area contributed by atoms with Gasteiger partial charge in [-0.25, -0.2) is 9.97 Å². The Kier molecular flexibility index (Phi) is 5.81. The van der Waals surface area contributed by atoms with Gasteiger partial charge in [-0.3, -0.25) is 4.79 Å². The van der Waals surface area contributed by atoms with E-state index in [1.807, 2.05) is 55.5 Å². The van der Waals surface area contributed by atoms with E-state index in [0.29, 0.717) is 24.7 Å². The molecule has 27 heavy (non-hydrogen) atoms. The second kappa shape index (κ2) is 8.45. The number of hydrogen-bond donors (Lipinski definition) is 1. The fourth-order valence-corrected chi connectivity index (χ4v) is 2.78. The van der Waals surface area contributed by atoms with Crippen LogP contribution in [0.2, 0.25) is 0 Å². The summed E-state index contributed by atoms with van der Waals surface area (Å²) in [4.78, 5) is 23.3. The second-order valence-corrected chi connectivity index (χ2v) is 6.49. The monoisotopic (exact) mass is 360 g/mol. The molecule has 0 atom stereocenters. The molecule has 5 nitrogen and oxygen atoms in total. The van der Waals surface area contributed by atoms with Crippen molar-refractivity contribution >= 4 is 17.5 Å². The van der Waals surface area contributed by atoms with Gasteiger partial charge in [-0.1, -0.05) is 36.4 Å². The van der Waals surface area contributed by atoms with Crippen molar-refractivity contribution in [3.8, 4) is 0 Å². The summed E-state index contributed by atoms with van der Waals surface area (Å²) in [5.41, 5.74) is 4.79. The van der Waals surface area contributed by atoms with E-state index in [1.165, 1.54) is 11.1 Å². The summed E-state index contributed by atoms with van der Waals surface area (Å²) in [6.45, 7) is 7.26. The number of carbonyl (C=O) groups is 1. The van der Waals surface area contributed by atoms with Crippen LogP contribution in [0.5, 0.6) is 0 Å². The minimum absolute atomic E-state index is 0.105. The Bertz CT molecular complexity index is 925. The maximum absolute atomic E-state index is 12.9. The van der Waals surface area contributed by atoms with Gasteiger partial charge in [0.25, 0.3) is 5.91 Å². The molecular weight excluding hydrogens is 336 g/mol. The van der Waals surface area contributed by atoms with Crippen molar-refractivity contribution in [2.75, 3.05) is 11.9 Å². The number of aromatic nitrogens is 2. The molecule has 2 aromatic carbocycles. The lowest BCUT2D eigenvalue weighted by Gasteiger charge is -2.20. The summed E-state index contributed by atoms with van der Waals surface area (Å²) in [5, 5.41) is 3.18. The molecule has 5 heteroatoms. The van der Waals surface area contributed by atoms with Crippen LogP contribution >= 0.6 is 0 Å². The van der Waals surface area contributed by atoms with Crippen LogP contribution < -0.4 is 5.32 Å². The smallest absolute Gasteiger partial charge is 0.272 e. The number of nitrogens with one attached hydrogen (secondary N) is 1. The van der Waals surface area contributed by atoms with Gasteiger partial charge in [-0.2, -0.15) is 0 Å². The maximum Gasteiger partial charge on any atom is 0.272 e. The highest BCUT2D eigenvalue weighted by molar-refractivity contribution is 5.92. The fourth-order valence-electron chi connectivity index (χ4n) is 2.78. The number of aryl methyl sites for hydroxylation is 2. The minimum Gasteiger partial charge on any atom is -0.333 e. The van der Waals surface area contributed by atoms with Gasteiger partial charge >= 0.3 is 0 Å². The Hall–Kier alpha value is -3.21. The van der Waals surface area contributed by atoms with Gasteiger partial charge < -0.3 is 10.2 Å². The van der Waals surface area contributed by atoms with Gasteiger partial charge in [-0.05, 0) is 55.7 Å². The predicted molar refractivity (Wildman–Crippen MR) is 108 cm³/mol. The van der Waals surface area contributed by atoms with Gasteiger partial charge in [-0.15, -0.1) is 0 Å². The maximum atomic E-state index is 12.9. The lowest BCUT2D eigenvalue weighted by atomic mass is 10.1. The summed E-state index contributed by atoms with van der Waals surface area (Å²) in [6, 6.07) is 17.7. The standard InChI is InChI=1S/C22H24N4O/c1-4-26(15-18-8-6-5-7-9-18)21(27)20-12-13-23-22(25-20)24-19-11-10-16(2)17(3)14-19/h5-14H,4,15H2,1-3H3,(H,23,24,25). The molecule has 1 N–H and O–H groups in total. The van der Waals surface area contributed by atoms with Crippen LogP contribution in [0.4, 0.5) is 11.6 Å². The third-order valence-corrected chi connectivity index (χ3v) is 4.52. The summed E-state index contributed by atoms with van der Waals surface area (Å²) >= 11 is 0. The first-order valence-corrected chi connectivity index (χ1v) is 9.07. The molecule has 3 aromatic rings. The third-order valence-electron chi connectivity index (χ3n) is 4.52. The second-order valence-electron chi connectivity index (χ2n) is 6.49. The molecule has 0 radical (unpaired) electrons. The van der Waals surface area contributed by atoms with Crippen LogP contribution in [0.3, 0.4) is 0 Å². The van der Waals surface area contributed by atoms with Gasteiger partial charge in [0.05, 0.1) is 0 Å². The molecule has 1 amide bonds. The zero-order valence-corrected chi connectivity index (χ0v) is 15.9. The first-order chi connectivity index (χ1) is 13.1. The molecule has 0 spiro atoms. The molecular formula is C22H24N4O. The Morgan fingerprint density at radius 1 is 1.04 bits per heavy atom. The predicted octanol–water partition coefficient (Wildman–Crippen LogP) is 4.50. The molecule has 0 bridgehead atoms. The van der Waals surface area contributed by atoms with Crippen LogP contribution in [0.15, 0.2) is 60.8 Å². The lowest BCUT2D eigenvalue weighted by Crippen LogP contribution is -2.31. The number of rotatable bonds is 6. The summed E-state index contributed by atoms with van der Waals surface area (Å²) in [5.74, 6) is 0.312. The van der Waals surface area contributed by atoms with E-state index < -0.39 is 0 Å². The fraction of sp³-hybridized carbons (Fsp3) is 0.227. The van der Waals surface area contributed by atoms with E-state index in [-0.39, 0.29) is 5.91 Å². The minimum atomic E-state index is -0.105. The zero-order valence-electron chi connectivity index (χ0n) is 15.9. The van der Waals surface area contributed by atoms with Gasteiger partial charge in [0.15, 0.2) is 0 Å². The van der Waals surface area contributed by atoms with E-state index in [1.54, 1.807) is 17.2 Å². The molecule has 0 saturated carbocycles. The van der Waals surface area contributed by atoms with Gasteiger partial charge in [0.2, 0.25) is 5.95 Å². The van der Waals surface area contributed by atoms with Gasteiger partial charge in [0.1, 0.15) is 5.69 Å². The SMILES string of the molecule is CCN(Cc1ccccc1)C(=O)c1ccnc(Nc2ccc(C)c(C)c2)n1. The number of nitrogens with zero attached hydrogens (tertiary/aromatic N) is 3. The zero-order chi connectivity index (χ0) is 19.2. The van der Waals surface area contributed by atoms with E-state index in [9.17, 15) is 4.79 Å². The first-order valence-electron chi connectivity index (χ1n) is 9.07. The topological polar surface area (TPSA) is 58.1 Å². The van der Waals surface area contributed by atoms with Crippen LogP contribution in [0.1, 0.15) is 34.1 Å². The Morgan fingerprint density at radius 3 is 2.52 bits per heavy atom. The molecule has 0 fully saturated rings. The molecule has 0 saturated heterocycles. The third kappa shape index (κ3) is 4.70. The summed E-state index contributed by atoms with van der Waals surface area (Å²) in [7, 11) is 0. The molecule has 0 unspecified atom stereocenters. The molecule has 138 valence electrons.